The average Bonchev–Trinajstić information content (AvgIpc) is 3.16. The van der Waals surface area contributed by atoms with Crippen LogP contribution in [0.1, 0.15) is 41.9 Å². The fourth-order valence-corrected chi connectivity index (χ4v) is 3.53. The van der Waals surface area contributed by atoms with E-state index in [0.717, 1.165) is 25.7 Å². The van der Waals surface area contributed by atoms with Crippen molar-refractivity contribution in [3.05, 3.63) is 17.5 Å². The summed E-state index contributed by atoms with van der Waals surface area (Å²) in [6.07, 6.45) is 3.32. The average molecular weight is 321 g/mol. The van der Waals surface area contributed by atoms with Crippen molar-refractivity contribution in [3.63, 3.8) is 0 Å². The lowest BCUT2D eigenvalue weighted by atomic mass is 9.86. The minimum absolute atomic E-state index is 0.0586. The molecule has 0 aliphatic carbocycles. The maximum atomic E-state index is 12.3. The maximum absolute atomic E-state index is 12.3. The summed E-state index contributed by atoms with van der Waals surface area (Å²) < 4.78 is 10.7. The molecule has 0 radical (unpaired) electrons. The molecule has 1 aromatic rings. The number of hydrogen-bond donors (Lipinski definition) is 1. The van der Waals surface area contributed by atoms with Crippen LogP contribution >= 0.6 is 0 Å². The quantitative estimate of drug-likeness (QED) is 0.896. The van der Waals surface area contributed by atoms with Crippen molar-refractivity contribution in [1.82, 2.24) is 10.1 Å². The Balaban J connectivity index is 1.50. The lowest BCUT2D eigenvalue weighted by molar-refractivity contribution is -0.123. The van der Waals surface area contributed by atoms with Crippen LogP contribution in [0.3, 0.4) is 0 Å². The van der Waals surface area contributed by atoms with Gasteiger partial charge >= 0.3 is 0 Å². The van der Waals surface area contributed by atoms with Crippen molar-refractivity contribution in [2.75, 3.05) is 19.7 Å². The first kappa shape index (κ1) is 16.0. The molecule has 2 saturated heterocycles. The van der Waals surface area contributed by atoms with Gasteiger partial charge in [0.2, 0.25) is 11.7 Å². The maximum Gasteiger partial charge on any atom is 0.292 e. The Kier molecular flexibility index (Phi) is 4.66. The monoisotopic (exact) mass is 321 g/mol. The molecular weight excluding hydrogens is 298 g/mol. The zero-order valence-electron chi connectivity index (χ0n) is 13.4. The second kappa shape index (κ2) is 6.70. The Bertz CT molecular complexity index is 578. The Morgan fingerprint density at radius 3 is 2.70 bits per heavy atom. The molecule has 2 aliphatic heterocycles. The van der Waals surface area contributed by atoms with E-state index in [-0.39, 0.29) is 23.8 Å². The topological polar surface area (TPSA) is 98.7 Å². The van der Waals surface area contributed by atoms with Gasteiger partial charge in [-0.05, 0) is 38.5 Å². The molecule has 2 N–H and O–H groups in total. The first-order valence-corrected chi connectivity index (χ1v) is 8.18. The number of piperidine rings is 1. The van der Waals surface area contributed by atoms with E-state index in [1.54, 1.807) is 17.9 Å². The smallest absolute Gasteiger partial charge is 0.292 e. The number of hydrogen-bond acceptors (Lipinski definition) is 5. The van der Waals surface area contributed by atoms with Crippen LogP contribution in [0, 0.1) is 18.8 Å². The Labute approximate surface area is 135 Å². The van der Waals surface area contributed by atoms with Crippen molar-refractivity contribution in [3.8, 4) is 0 Å². The third-order valence-corrected chi connectivity index (χ3v) is 4.88. The van der Waals surface area contributed by atoms with Crippen LogP contribution in [-0.4, -0.2) is 47.7 Å². The summed E-state index contributed by atoms with van der Waals surface area (Å²) in [6.45, 7) is 3.79. The summed E-state index contributed by atoms with van der Waals surface area (Å²) in [4.78, 5) is 25.5. The molecular formula is C16H23N3O4. The van der Waals surface area contributed by atoms with Gasteiger partial charge < -0.3 is 19.9 Å². The fraction of sp³-hybridized carbons (Fsp3) is 0.688. The van der Waals surface area contributed by atoms with Crippen LogP contribution in [0.2, 0.25) is 0 Å². The number of nitrogens with two attached hydrogens (primary N) is 1. The lowest BCUT2D eigenvalue weighted by Crippen LogP contribution is -2.40. The van der Waals surface area contributed by atoms with Gasteiger partial charge in [0.25, 0.3) is 5.91 Å². The molecule has 0 spiro atoms. The number of likely N-dealkylation sites (tertiary alicyclic amines) is 1. The molecule has 2 amide bonds. The zero-order valence-corrected chi connectivity index (χ0v) is 13.4. The molecule has 23 heavy (non-hydrogen) atoms. The van der Waals surface area contributed by atoms with Gasteiger partial charge in [0.1, 0.15) is 0 Å². The van der Waals surface area contributed by atoms with Crippen molar-refractivity contribution < 1.29 is 18.8 Å². The van der Waals surface area contributed by atoms with Crippen LogP contribution in [0.5, 0.6) is 0 Å². The largest absolute Gasteiger partial charge is 0.377 e. The SMILES string of the molecule is Cc1cc(C(=O)N2CCC(C[C@H]3OCC[C@H]3C(N)=O)CC2)on1. The number of carbonyl (C=O) groups is 2. The molecule has 0 aromatic carbocycles. The Morgan fingerprint density at radius 2 is 2.09 bits per heavy atom. The van der Waals surface area contributed by atoms with Gasteiger partial charge in [0.15, 0.2) is 0 Å². The minimum atomic E-state index is -0.263. The van der Waals surface area contributed by atoms with E-state index >= 15 is 0 Å². The molecule has 2 atom stereocenters. The molecule has 0 bridgehead atoms. The third kappa shape index (κ3) is 3.55. The number of nitrogens with zero attached hydrogens (tertiary/aromatic N) is 2. The second-order valence-corrected chi connectivity index (χ2v) is 6.51. The van der Waals surface area contributed by atoms with E-state index in [4.69, 9.17) is 15.0 Å². The second-order valence-electron chi connectivity index (χ2n) is 6.51. The molecule has 3 rings (SSSR count). The molecule has 7 heteroatoms. The van der Waals surface area contributed by atoms with Gasteiger partial charge in [-0.15, -0.1) is 0 Å². The van der Waals surface area contributed by atoms with Gasteiger partial charge in [0.05, 0.1) is 17.7 Å². The van der Waals surface area contributed by atoms with Crippen LogP contribution in [0.15, 0.2) is 10.6 Å². The summed E-state index contributed by atoms with van der Waals surface area (Å²) in [5, 5.41) is 3.76. The number of primary amides is 1. The molecule has 0 saturated carbocycles. The summed E-state index contributed by atoms with van der Waals surface area (Å²) in [7, 11) is 0. The minimum Gasteiger partial charge on any atom is -0.377 e. The number of amides is 2. The molecule has 7 nitrogen and oxygen atoms in total. The van der Waals surface area contributed by atoms with Gasteiger partial charge in [-0.25, -0.2) is 0 Å². The van der Waals surface area contributed by atoms with Gasteiger partial charge in [-0.2, -0.15) is 0 Å². The number of carbonyl (C=O) groups excluding carboxylic acids is 2. The Hall–Kier alpha value is -1.89. The predicted molar refractivity (Wildman–Crippen MR) is 81.5 cm³/mol. The molecule has 1 aromatic heterocycles. The summed E-state index contributed by atoms with van der Waals surface area (Å²) in [6, 6.07) is 1.66. The van der Waals surface area contributed by atoms with Crippen LogP contribution in [0.4, 0.5) is 0 Å². The molecule has 2 fully saturated rings. The van der Waals surface area contributed by atoms with E-state index in [1.165, 1.54) is 0 Å². The highest BCUT2D eigenvalue weighted by Crippen LogP contribution is 2.31. The number of aryl methyl sites for hydroxylation is 1. The third-order valence-electron chi connectivity index (χ3n) is 4.88. The van der Waals surface area contributed by atoms with Gasteiger partial charge in [-0.3, -0.25) is 9.59 Å². The molecule has 3 heterocycles. The van der Waals surface area contributed by atoms with Crippen molar-refractivity contribution in [2.24, 2.45) is 17.6 Å². The Morgan fingerprint density at radius 1 is 1.35 bits per heavy atom. The number of ether oxygens (including phenoxy) is 1. The van der Waals surface area contributed by atoms with Crippen LogP contribution in [0.25, 0.3) is 0 Å². The zero-order chi connectivity index (χ0) is 16.4. The van der Waals surface area contributed by atoms with Crippen LogP contribution in [-0.2, 0) is 9.53 Å². The van der Waals surface area contributed by atoms with E-state index in [1.807, 2.05) is 0 Å². The van der Waals surface area contributed by atoms with E-state index in [2.05, 4.69) is 5.16 Å². The highest BCUT2D eigenvalue weighted by molar-refractivity contribution is 5.91. The molecule has 126 valence electrons. The number of rotatable bonds is 4. The van der Waals surface area contributed by atoms with Crippen molar-refractivity contribution in [1.29, 1.82) is 0 Å². The molecule has 0 unspecified atom stereocenters. The standard InChI is InChI=1S/C16H23N3O4/c1-10-8-14(23-18-10)16(21)19-5-2-11(3-6-19)9-13-12(15(17)20)4-7-22-13/h8,11-13H,2-7,9H2,1H3,(H2,17,20)/t12-,13-/m1/s1. The van der Waals surface area contributed by atoms with E-state index in [9.17, 15) is 9.59 Å². The fourth-order valence-electron chi connectivity index (χ4n) is 3.53. The molecule has 2 aliphatic rings. The van der Waals surface area contributed by atoms with Crippen molar-refractivity contribution >= 4 is 11.8 Å². The van der Waals surface area contributed by atoms with Gasteiger partial charge in [0, 0.05) is 25.8 Å². The summed E-state index contributed by atoms with van der Waals surface area (Å²) >= 11 is 0. The first-order chi connectivity index (χ1) is 11.0. The highest BCUT2D eigenvalue weighted by Gasteiger charge is 2.35. The van der Waals surface area contributed by atoms with Crippen LogP contribution < -0.4 is 5.73 Å². The van der Waals surface area contributed by atoms with Crippen molar-refractivity contribution in [2.45, 2.75) is 38.7 Å². The number of aromatic nitrogens is 1. The summed E-state index contributed by atoms with van der Waals surface area (Å²) in [5.41, 5.74) is 6.14. The first-order valence-electron chi connectivity index (χ1n) is 8.18. The normalized spacial score (nSPS) is 25.7. The predicted octanol–water partition coefficient (Wildman–Crippen LogP) is 1.12. The highest BCUT2D eigenvalue weighted by atomic mass is 16.5. The van der Waals surface area contributed by atoms with Gasteiger partial charge in [-0.1, -0.05) is 5.16 Å². The van der Waals surface area contributed by atoms with E-state index < -0.39 is 0 Å². The lowest BCUT2D eigenvalue weighted by Gasteiger charge is -2.33. The van der Waals surface area contributed by atoms with E-state index in [0.29, 0.717) is 37.1 Å². The summed E-state index contributed by atoms with van der Waals surface area (Å²) in [5.74, 6) is 0.234.